The number of nitro groups is 1. The maximum Gasteiger partial charge on any atom is 0.271 e. The third-order valence-electron chi connectivity index (χ3n) is 2.57. The molecule has 2 aromatic heterocycles. The van der Waals surface area contributed by atoms with Crippen LogP contribution in [0.25, 0.3) is 21.7 Å². The number of rotatable bonds is 2. The summed E-state index contributed by atoms with van der Waals surface area (Å²) in [5, 5.41) is 22.6. The van der Waals surface area contributed by atoms with Crippen molar-refractivity contribution in [1.82, 2.24) is 9.71 Å². The fourth-order valence-electron chi connectivity index (χ4n) is 1.73. The van der Waals surface area contributed by atoms with Crippen LogP contribution in [0.15, 0.2) is 35.7 Å². The van der Waals surface area contributed by atoms with Crippen molar-refractivity contribution in [2.75, 3.05) is 0 Å². The van der Waals surface area contributed by atoms with Gasteiger partial charge in [-0.25, -0.2) is 4.98 Å². The van der Waals surface area contributed by atoms with Crippen LogP contribution in [0.4, 0.5) is 5.69 Å². The van der Waals surface area contributed by atoms with Crippen molar-refractivity contribution in [2.45, 2.75) is 0 Å². The minimum absolute atomic E-state index is 0.0737. The van der Waals surface area contributed by atoms with Crippen molar-refractivity contribution in [1.29, 1.82) is 0 Å². The van der Waals surface area contributed by atoms with Gasteiger partial charge < -0.3 is 5.21 Å². The first-order valence-corrected chi connectivity index (χ1v) is 5.95. The lowest BCUT2D eigenvalue weighted by Gasteiger charge is -1.97. The monoisotopic (exact) mass is 261 g/mol. The van der Waals surface area contributed by atoms with Crippen LogP contribution < -0.4 is 0 Å². The third-order valence-corrected chi connectivity index (χ3v) is 3.43. The lowest BCUT2D eigenvalue weighted by Crippen LogP contribution is -1.93. The van der Waals surface area contributed by atoms with Crippen LogP contribution in [0.1, 0.15) is 0 Å². The predicted octanol–water partition coefficient (Wildman–Crippen LogP) is 2.91. The molecule has 3 aromatic rings. The Morgan fingerprint density at radius 1 is 1.39 bits per heavy atom. The highest BCUT2D eigenvalue weighted by molar-refractivity contribution is 7.13. The second kappa shape index (κ2) is 3.81. The van der Waals surface area contributed by atoms with E-state index in [1.807, 2.05) is 17.5 Å². The van der Waals surface area contributed by atoms with E-state index in [1.165, 1.54) is 29.5 Å². The van der Waals surface area contributed by atoms with Crippen molar-refractivity contribution in [2.24, 2.45) is 0 Å². The van der Waals surface area contributed by atoms with Crippen molar-refractivity contribution >= 4 is 28.1 Å². The van der Waals surface area contributed by atoms with E-state index in [-0.39, 0.29) is 5.69 Å². The highest BCUT2D eigenvalue weighted by Crippen LogP contribution is 2.28. The van der Waals surface area contributed by atoms with Crippen LogP contribution in [0.5, 0.6) is 0 Å². The molecule has 0 bridgehead atoms. The first-order valence-electron chi connectivity index (χ1n) is 5.07. The average Bonchev–Trinajstić information content (AvgIpc) is 2.97. The molecule has 0 amide bonds. The van der Waals surface area contributed by atoms with Crippen molar-refractivity contribution in [3.05, 3.63) is 45.8 Å². The Morgan fingerprint density at radius 2 is 2.22 bits per heavy atom. The van der Waals surface area contributed by atoms with Gasteiger partial charge in [-0.1, -0.05) is 6.07 Å². The van der Waals surface area contributed by atoms with E-state index in [2.05, 4.69) is 4.98 Å². The molecule has 7 heteroatoms. The first kappa shape index (κ1) is 10.7. The topological polar surface area (TPSA) is 81.2 Å². The fraction of sp³-hybridized carbons (Fsp3) is 0. The molecule has 2 heterocycles. The lowest BCUT2D eigenvalue weighted by molar-refractivity contribution is -0.384. The Kier molecular flexibility index (Phi) is 2.27. The van der Waals surface area contributed by atoms with Gasteiger partial charge in [0.1, 0.15) is 5.52 Å². The van der Waals surface area contributed by atoms with E-state index in [9.17, 15) is 15.3 Å². The highest BCUT2D eigenvalue weighted by Gasteiger charge is 2.15. The van der Waals surface area contributed by atoms with Crippen LogP contribution >= 0.6 is 11.3 Å². The zero-order valence-electron chi connectivity index (χ0n) is 8.98. The normalized spacial score (nSPS) is 10.9. The molecule has 0 aliphatic rings. The SMILES string of the molecule is O=[N+]([O-])c1ccc2nc(-c3cccs3)n(O)c2c1. The molecule has 0 fully saturated rings. The van der Waals surface area contributed by atoms with Crippen LogP contribution in [-0.2, 0) is 0 Å². The van der Waals surface area contributed by atoms with Crippen molar-refractivity contribution < 1.29 is 10.1 Å². The van der Waals surface area contributed by atoms with Gasteiger partial charge in [0.2, 0.25) is 0 Å². The standard InChI is InChI=1S/C11H7N3O3S/c15-13-9-6-7(14(16)17)3-4-8(9)12-11(13)10-2-1-5-18-10/h1-6,15H. The van der Waals surface area contributed by atoms with Crippen molar-refractivity contribution in [3.8, 4) is 10.7 Å². The minimum Gasteiger partial charge on any atom is -0.426 e. The number of imidazole rings is 1. The molecule has 1 N–H and O–H groups in total. The van der Waals surface area contributed by atoms with Gasteiger partial charge in [-0.3, -0.25) is 10.1 Å². The summed E-state index contributed by atoms with van der Waals surface area (Å²) in [5.74, 6) is 0.389. The number of nitrogens with zero attached hydrogens (tertiary/aromatic N) is 3. The number of benzene rings is 1. The van der Waals surface area contributed by atoms with Crippen LogP contribution in [-0.4, -0.2) is 19.8 Å². The number of aromatic nitrogens is 2. The summed E-state index contributed by atoms with van der Waals surface area (Å²) in [5.41, 5.74) is 0.773. The molecule has 6 nitrogen and oxygen atoms in total. The summed E-state index contributed by atoms with van der Waals surface area (Å²) in [6.07, 6.45) is 0. The molecule has 0 unspecified atom stereocenters. The summed E-state index contributed by atoms with van der Waals surface area (Å²) >= 11 is 1.44. The zero-order chi connectivity index (χ0) is 12.7. The lowest BCUT2D eigenvalue weighted by atomic mass is 10.3. The molecule has 3 rings (SSSR count). The summed E-state index contributed by atoms with van der Waals surface area (Å²) in [6, 6.07) is 7.87. The van der Waals surface area contributed by atoms with E-state index < -0.39 is 4.92 Å². The van der Waals surface area contributed by atoms with E-state index in [4.69, 9.17) is 0 Å². The van der Waals surface area contributed by atoms with Gasteiger partial charge >= 0.3 is 0 Å². The van der Waals surface area contributed by atoms with Gasteiger partial charge in [-0.15, -0.1) is 11.3 Å². The molecule has 0 radical (unpaired) electrons. The summed E-state index contributed by atoms with van der Waals surface area (Å²) in [6.45, 7) is 0. The average molecular weight is 261 g/mol. The maximum atomic E-state index is 10.7. The predicted molar refractivity (Wildman–Crippen MR) is 66.9 cm³/mol. The van der Waals surface area contributed by atoms with Gasteiger partial charge in [0.05, 0.1) is 15.3 Å². The summed E-state index contributed by atoms with van der Waals surface area (Å²) < 4.78 is 0.883. The number of nitro benzene ring substituents is 1. The highest BCUT2D eigenvalue weighted by atomic mass is 32.1. The molecule has 0 aliphatic heterocycles. The molecule has 0 aliphatic carbocycles. The summed E-state index contributed by atoms with van der Waals surface area (Å²) in [4.78, 5) is 15.2. The Labute approximate surface area is 105 Å². The number of hydrogen-bond acceptors (Lipinski definition) is 5. The summed E-state index contributed by atoms with van der Waals surface area (Å²) in [7, 11) is 0. The quantitative estimate of drug-likeness (QED) is 0.437. The molecular weight excluding hydrogens is 254 g/mol. The van der Waals surface area contributed by atoms with Gasteiger partial charge in [0.25, 0.3) is 5.69 Å². The molecule has 0 saturated heterocycles. The number of thiophene rings is 1. The van der Waals surface area contributed by atoms with E-state index in [1.54, 1.807) is 0 Å². The molecule has 0 spiro atoms. The molecule has 1 aromatic carbocycles. The Balaban J connectivity index is 2.25. The van der Waals surface area contributed by atoms with Crippen LogP contribution in [0.2, 0.25) is 0 Å². The van der Waals surface area contributed by atoms with Gasteiger partial charge in [-0.05, 0) is 17.5 Å². The zero-order valence-corrected chi connectivity index (χ0v) is 9.79. The molecule has 0 saturated carbocycles. The Morgan fingerprint density at radius 3 is 2.89 bits per heavy atom. The second-order valence-electron chi connectivity index (χ2n) is 3.65. The number of non-ortho nitro benzene ring substituents is 1. The number of hydrogen-bond donors (Lipinski definition) is 1. The molecular formula is C11H7N3O3S. The Bertz CT molecular complexity index is 733. The van der Waals surface area contributed by atoms with Gasteiger partial charge in [0, 0.05) is 12.1 Å². The molecule has 90 valence electrons. The molecule has 18 heavy (non-hydrogen) atoms. The second-order valence-corrected chi connectivity index (χ2v) is 4.60. The van der Waals surface area contributed by atoms with Crippen LogP contribution in [0.3, 0.4) is 0 Å². The largest absolute Gasteiger partial charge is 0.426 e. The minimum atomic E-state index is -0.503. The van der Waals surface area contributed by atoms with Gasteiger partial charge in [-0.2, -0.15) is 4.73 Å². The smallest absolute Gasteiger partial charge is 0.271 e. The Hall–Kier alpha value is -2.41. The van der Waals surface area contributed by atoms with E-state index >= 15 is 0 Å². The van der Waals surface area contributed by atoms with E-state index in [0.29, 0.717) is 16.9 Å². The molecule has 0 atom stereocenters. The first-order chi connectivity index (χ1) is 8.66. The van der Waals surface area contributed by atoms with Crippen LogP contribution in [0, 0.1) is 10.1 Å². The third kappa shape index (κ3) is 1.52. The van der Waals surface area contributed by atoms with E-state index in [0.717, 1.165) is 9.61 Å². The van der Waals surface area contributed by atoms with Gasteiger partial charge in [0.15, 0.2) is 5.82 Å². The number of fused-ring (bicyclic) bond motifs is 1. The fourth-order valence-corrected chi connectivity index (χ4v) is 2.43. The maximum absolute atomic E-state index is 10.7. The van der Waals surface area contributed by atoms with Crippen molar-refractivity contribution in [3.63, 3.8) is 0 Å².